The van der Waals surface area contributed by atoms with Gasteiger partial charge in [-0.1, -0.05) is 41.9 Å². The second-order valence-corrected chi connectivity index (χ2v) is 7.14. The Morgan fingerprint density at radius 1 is 1.23 bits per heavy atom. The fourth-order valence-corrected chi connectivity index (χ4v) is 3.75. The van der Waals surface area contributed by atoms with E-state index in [1.165, 1.54) is 0 Å². The molecule has 0 aliphatic carbocycles. The topological polar surface area (TPSA) is 48.3 Å². The van der Waals surface area contributed by atoms with Crippen molar-refractivity contribution in [2.45, 2.75) is 18.3 Å². The summed E-state index contributed by atoms with van der Waals surface area (Å²) < 4.78 is 5.35. The van der Waals surface area contributed by atoms with Gasteiger partial charge in [-0.2, -0.15) is 5.26 Å². The molecule has 0 atom stereocenters. The van der Waals surface area contributed by atoms with E-state index in [-0.39, 0.29) is 0 Å². The summed E-state index contributed by atoms with van der Waals surface area (Å²) in [6.45, 7) is 1.44. The van der Waals surface area contributed by atoms with Crippen molar-refractivity contribution in [3.63, 3.8) is 0 Å². The summed E-state index contributed by atoms with van der Waals surface area (Å²) in [6.07, 6.45) is 1.48. The number of nitrogens with one attached hydrogen (secondary N) is 1. The minimum absolute atomic E-state index is 0.443. The normalized spacial score (nSPS) is 15.8. The monoisotopic (exact) mass is 385 g/mol. The molecule has 6 heteroatoms. The van der Waals surface area contributed by atoms with Crippen molar-refractivity contribution in [1.29, 1.82) is 5.26 Å². The SMILES string of the molecule is COc1ccc(Cl)cc1NC(=S)N1CCC(C#N)(c2ccccc2)CC1. The number of hydrogen-bond acceptors (Lipinski definition) is 3. The van der Waals surface area contributed by atoms with Gasteiger partial charge in [0.1, 0.15) is 5.75 Å². The lowest BCUT2D eigenvalue weighted by Crippen LogP contribution is -2.46. The molecule has 0 aromatic heterocycles. The van der Waals surface area contributed by atoms with Crippen LogP contribution < -0.4 is 10.1 Å². The number of hydrogen-bond donors (Lipinski definition) is 1. The molecule has 2 aromatic carbocycles. The van der Waals surface area contributed by atoms with Crippen LogP contribution in [0.1, 0.15) is 18.4 Å². The average Bonchev–Trinajstić information content (AvgIpc) is 2.69. The Labute approximate surface area is 164 Å². The molecule has 1 N–H and O–H groups in total. The molecule has 1 saturated heterocycles. The van der Waals surface area contributed by atoms with E-state index in [0.717, 1.165) is 37.2 Å². The van der Waals surface area contributed by atoms with E-state index >= 15 is 0 Å². The van der Waals surface area contributed by atoms with Gasteiger partial charge in [-0.25, -0.2) is 0 Å². The molecule has 0 bridgehead atoms. The number of thiocarbonyl (C=S) groups is 1. The predicted octanol–water partition coefficient (Wildman–Crippen LogP) is 4.60. The first-order chi connectivity index (χ1) is 12.6. The van der Waals surface area contributed by atoms with Crippen LogP contribution in [0.5, 0.6) is 5.75 Å². The number of nitriles is 1. The Morgan fingerprint density at radius 2 is 1.92 bits per heavy atom. The number of anilines is 1. The number of benzene rings is 2. The van der Waals surface area contributed by atoms with Crippen molar-refractivity contribution in [3.8, 4) is 11.8 Å². The quantitative estimate of drug-likeness (QED) is 0.782. The molecular weight excluding hydrogens is 366 g/mol. The van der Waals surface area contributed by atoms with Crippen molar-refractivity contribution in [1.82, 2.24) is 4.90 Å². The Balaban J connectivity index is 1.69. The third-order valence-corrected chi connectivity index (χ3v) is 5.44. The molecule has 134 valence electrons. The minimum atomic E-state index is -0.443. The highest BCUT2D eigenvalue weighted by atomic mass is 35.5. The Hall–Kier alpha value is -2.29. The lowest BCUT2D eigenvalue weighted by atomic mass is 9.74. The lowest BCUT2D eigenvalue weighted by Gasteiger charge is -2.38. The Bertz CT molecular complexity index is 827. The van der Waals surface area contributed by atoms with E-state index in [2.05, 4.69) is 16.3 Å². The van der Waals surface area contributed by atoms with Gasteiger partial charge in [0.2, 0.25) is 0 Å². The largest absolute Gasteiger partial charge is 0.495 e. The molecule has 0 amide bonds. The predicted molar refractivity (Wildman–Crippen MR) is 109 cm³/mol. The first-order valence-electron chi connectivity index (χ1n) is 8.44. The molecule has 1 heterocycles. The number of likely N-dealkylation sites (tertiary alicyclic amines) is 1. The van der Waals surface area contributed by atoms with Crippen LogP contribution in [0.25, 0.3) is 0 Å². The van der Waals surface area contributed by atoms with E-state index in [0.29, 0.717) is 15.9 Å². The second-order valence-electron chi connectivity index (χ2n) is 6.32. The van der Waals surface area contributed by atoms with Crippen LogP contribution in [0.4, 0.5) is 5.69 Å². The maximum Gasteiger partial charge on any atom is 0.173 e. The average molecular weight is 386 g/mol. The van der Waals surface area contributed by atoms with E-state index < -0.39 is 5.41 Å². The molecule has 0 saturated carbocycles. The van der Waals surface area contributed by atoms with Gasteiger partial charge in [0.25, 0.3) is 0 Å². The summed E-state index contributed by atoms with van der Waals surface area (Å²) in [5.41, 5.74) is 1.38. The number of nitrogens with zero attached hydrogens (tertiary/aromatic N) is 2. The van der Waals surface area contributed by atoms with Crippen molar-refractivity contribution >= 4 is 34.6 Å². The maximum absolute atomic E-state index is 9.81. The fraction of sp³-hybridized carbons (Fsp3) is 0.300. The van der Waals surface area contributed by atoms with Crippen LogP contribution in [0.15, 0.2) is 48.5 Å². The number of halogens is 1. The number of rotatable bonds is 3. The lowest BCUT2D eigenvalue weighted by molar-refractivity contribution is 0.272. The standard InChI is InChI=1S/C20H20ClN3OS/c1-25-18-8-7-16(21)13-17(18)23-19(26)24-11-9-20(14-22,10-12-24)15-5-3-2-4-6-15/h2-8,13H,9-12H2,1H3,(H,23,26). The zero-order valence-corrected chi connectivity index (χ0v) is 16.1. The third kappa shape index (κ3) is 3.77. The van der Waals surface area contributed by atoms with Crippen LogP contribution >= 0.6 is 23.8 Å². The zero-order valence-electron chi connectivity index (χ0n) is 14.5. The smallest absolute Gasteiger partial charge is 0.173 e. The summed E-state index contributed by atoms with van der Waals surface area (Å²) >= 11 is 11.6. The summed E-state index contributed by atoms with van der Waals surface area (Å²) in [5, 5.41) is 14.3. The van der Waals surface area contributed by atoms with Crippen LogP contribution in [0.2, 0.25) is 5.02 Å². The van der Waals surface area contributed by atoms with Gasteiger partial charge in [0.15, 0.2) is 5.11 Å². The number of piperidine rings is 1. The molecule has 0 spiro atoms. The van der Waals surface area contributed by atoms with Crippen LogP contribution in [-0.2, 0) is 5.41 Å². The summed E-state index contributed by atoms with van der Waals surface area (Å²) in [6, 6.07) is 17.9. The maximum atomic E-state index is 9.81. The van der Waals surface area contributed by atoms with Gasteiger partial charge in [-0.15, -0.1) is 0 Å². The molecule has 26 heavy (non-hydrogen) atoms. The Morgan fingerprint density at radius 3 is 2.54 bits per heavy atom. The van der Waals surface area contributed by atoms with E-state index in [4.69, 9.17) is 28.6 Å². The fourth-order valence-electron chi connectivity index (χ4n) is 3.29. The molecule has 1 aliphatic heterocycles. The third-order valence-electron chi connectivity index (χ3n) is 4.85. The van der Waals surface area contributed by atoms with Gasteiger partial charge < -0.3 is 15.0 Å². The van der Waals surface area contributed by atoms with Gasteiger partial charge in [-0.05, 0) is 48.8 Å². The summed E-state index contributed by atoms with van der Waals surface area (Å²) in [5.74, 6) is 0.685. The minimum Gasteiger partial charge on any atom is -0.495 e. The first kappa shape index (κ1) is 18.5. The van der Waals surface area contributed by atoms with E-state index in [1.807, 2.05) is 30.3 Å². The first-order valence-corrected chi connectivity index (χ1v) is 9.23. The van der Waals surface area contributed by atoms with E-state index in [1.54, 1.807) is 25.3 Å². The van der Waals surface area contributed by atoms with Gasteiger partial charge >= 0.3 is 0 Å². The number of methoxy groups -OCH3 is 1. The summed E-state index contributed by atoms with van der Waals surface area (Å²) in [7, 11) is 1.61. The van der Waals surface area contributed by atoms with E-state index in [9.17, 15) is 5.26 Å². The molecule has 0 radical (unpaired) electrons. The highest BCUT2D eigenvalue weighted by Gasteiger charge is 2.37. The second kappa shape index (κ2) is 7.94. The molecular formula is C20H20ClN3OS. The van der Waals surface area contributed by atoms with Crippen LogP contribution in [0, 0.1) is 11.3 Å². The highest BCUT2D eigenvalue weighted by molar-refractivity contribution is 7.80. The van der Waals surface area contributed by atoms with Gasteiger partial charge in [-0.3, -0.25) is 0 Å². The van der Waals surface area contributed by atoms with Crippen molar-refractivity contribution < 1.29 is 4.74 Å². The Kier molecular flexibility index (Phi) is 5.65. The van der Waals surface area contributed by atoms with Gasteiger partial charge in [0, 0.05) is 18.1 Å². The highest BCUT2D eigenvalue weighted by Crippen LogP contribution is 2.35. The number of ether oxygens (including phenoxy) is 1. The van der Waals surface area contributed by atoms with Crippen LogP contribution in [0.3, 0.4) is 0 Å². The van der Waals surface area contributed by atoms with Crippen LogP contribution in [-0.4, -0.2) is 30.2 Å². The molecule has 1 aliphatic rings. The molecule has 0 unspecified atom stereocenters. The molecule has 3 rings (SSSR count). The van der Waals surface area contributed by atoms with Crippen molar-refractivity contribution in [3.05, 3.63) is 59.1 Å². The summed E-state index contributed by atoms with van der Waals surface area (Å²) in [4.78, 5) is 2.09. The molecule has 4 nitrogen and oxygen atoms in total. The van der Waals surface area contributed by atoms with Crippen molar-refractivity contribution in [2.24, 2.45) is 0 Å². The van der Waals surface area contributed by atoms with Crippen molar-refractivity contribution in [2.75, 3.05) is 25.5 Å². The molecule has 1 fully saturated rings. The zero-order chi connectivity index (χ0) is 18.6. The van der Waals surface area contributed by atoms with Gasteiger partial charge in [0.05, 0.1) is 24.3 Å². The molecule has 2 aromatic rings.